The van der Waals surface area contributed by atoms with Gasteiger partial charge in [0.1, 0.15) is 0 Å². The average molecular weight is 212 g/mol. The normalized spacial score (nSPS) is 17.4. The Balaban J connectivity index is 2.46. The van der Waals surface area contributed by atoms with Gasteiger partial charge in [-0.3, -0.25) is 9.59 Å². The molecule has 0 spiro atoms. The number of hydrogen-bond acceptors (Lipinski definition) is 2. The summed E-state index contributed by atoms with van der Waals surface area (Å²) in [6.45, 7) is 5.16. The fourth-order valence-electron chi connectivity index (χ4n) is 1.74. The second-order valence-corrected chi connectivity index (χ2v) is 4.33. The summed E-state index contributed by atoms with van der Waals surface area (Å²) in [5, 5.41) is 2.63. The predicted molar refractivity (Wildman–Crippen MR) is 58.3 cm³/mol. The predicted octanol–water partition coefficient (Wildman–Crippen LogP) is 0.914. The van der Waals surface area contributed by atoms with Gasteiger partial charge in [-0.15, -0.1) is 0 Å². The summed E-state index contributed by atoms with van der Waals surface area (Å²) in [4.78, 5) is 24.8. The summed E-state index contributed by atoms with van der Waals surface area (Å²) in [7, 11) is 0. The molecule has 4 heteroatoms. The molecule has 1 N–H and O–H groups in total. The lowest BCUT2D eigenvalue weighted by atomic mass is 10.2. The first-order valence-electron chi connectivity index (χ1n) is 5.71. The van der Waals surface area contributed by atoms with Gasteiger partial charge in [-0.25, -0.2) is 0 Å². The standard InChI is InChI=1S/C11H20N2O2/c1-9(2)12-10(14)11(15)13-7-5-3-4-6-8-13/h9H,3-8H2,1-2H3,(H,12,14). The van der Waals surface area contributed by atoms with E-state index >= 15 is 0 Å². The number of nitrogens with one attached hydrogen (secondary N) is 1. The Labute approximate surface area is 91.0 Å². The molecule has 2 amide bonds. The van der Waals surface area contributed by atoms with Crippen molar-refractivity contribution in [3.8, 4) is 0 Å². The smallest absolute Gasteiger partial charge is 0.311 e. The van der Waals surface area contributed by atoms with Crippen molar-refractivity contribution < 1.29 is 9.59 Å². The zero-order valence-corrected chi connectivity index (χ0v) is 9.58. The summed E-state index contributed by atoms with van der Waals surface area (Å²) in [5.41, 5.74) is 0. The van der Waals surface area contributed by atoms with E-state index < -0.39 is 5.91 Å². The van der Waals surface area contributed by atoms with E-state index in [2.05, 4.69) is 5.32 Å². The van der Waals surface area contributed by atoms with Gasteiger partial charge in [-0.05, 0) is 26.7 Å². The minimum Gasteiger partial charge on any atom is -0.346 e. The molecule has 1 fully saturated rings. The van der Waals surface area contributed by atoms with Crippen LogP contribution in [0.5, 0.6) is 0 Å². The number of likely N-dealkylation sites (tertiary alicyclic amines) is 1. The fraction of sp³-hybridized carbons (Fsp3) is 0.818. The number of carbonyl (C=O) groups excluding carboxylic acids is 2. The van der Waals surface area contributed by atoms with Crippen molar-refractivity contribution in [1.82, 2.24) is 10.2 Å². The van der Waals surface area contributed by atoms with E-state index in [1.807, 2.05) is 13.8 Å². The Hall–Kier alpha value is -1.06. The van der Waals surface area contributed by atoms with Gasteiger partial charge in [-0.2, -0.15) is 0 Å². The SMILES string of the molecule is CC(C)NC(=O)C(=O)N1CCCCCC1. The Morgan fingerprint density at radius 3 is 2.07 bits per heavy atom. The maximum absolute atomic E-state index is 11.7. The molecule has 1 aliphatic heterocycles. The summed E-state index contributed by atoms with van der Waals surface area (Å²) in [5.74, 6) is -0.836. The lowest BCUT2D eigenvalue weighted by molar-refractivity contribution is -0.146. The quantitative estimate of drug-likeness (QED) is 0.657. The number of rotatable bonds is 1. The minimum atomic E-state index is -0.466. The van der Waals surface area contributed by atoms with Crippen molar-refractivity contribution in [2.24, 2.45) is 0 Å². The van der Waals surface area contributed by atoms with E-state index in [9.17, 15) is 9.59 Å². The molecule has 1 saturated heterocycles. The first-order chi connectivity index (χ1) is 7.11. The molecule has 86 valence electrons. The van der Waals surface area contributed by atoms with Gasteiger partial charge >= 0.3 is 11.8 Å². The largest absolute Gasteiger partial charge is 0.346 e. The molecule has 1 aliphatic rings. The zero-order valence-electron chi connectivity index (χ0n) is 9.58. The third-order valence-electron chi connectivity index (χ3n) is 2.51. The van der Waals surface area contributed by atoms with Crippen LogP contribution in [-0.2, 0) is 9.59 Å². The Bertz CT molecular complexity index is 231. The van der Waals surface area contributed by atoms with Crippen molar-refractivity contribution in [3.05, 3.63) is 0 Å². The van der Waals surface area contributed by atoms with Crippen molar-refractivity contribution in [2.45, 2.75) is 45.6 Å². The van der Waals surface area contributed by atoms with Gasteiger partial charge in [0.05, 0.1) is 0 Å². The number of nitrogens with zero attached hydrogens (tertiary/aromatic N) is 1. The second-order valence-electron chi connectivity index (χ2n) is 4.33. The summed E-state index contributed by atoms with van der Waals surface area (Å²) in [6, 6.07) is 0.0217. The van der Waals surface area contributed by atoms with Crippen LogP contribution in [0.2, 0.25) is 0 Å². The molecule has 0 aliphatic carbocycles. The third kappa shape index (κ3) is 3.90. The van der Waals surface area contributed by atoms with Gasteiger partial charge in [0.25, 0.3) is 0 Å². The summed E-state index contributed by atoms with van der Waals surface area (Å²) in [6.07, 6.45) is 4.35. The van der Waals surface area contributed by atoms with Gasteiger partial charge in [-0.1, -0.05) is 12.8 Å². The van der Waals surface area contributed by atoms with Gasteiger partial charge in [0, 0.05) is 19.1 Å². The minimum absolute atomic E-state index is 0.0217. The number of hydrogen-bond donors (Lipinski definition) is 1. The van der Waals surface area contributed by atoms with E-state index in [1.54, 1.807) is 4.90 Å². The highest BCUT2D eigenvalue weighted by Crippen LogP contribution is 2.09. The van der Waals surface area contributed by atoms with Crippen LogP contribution >= 0.6 is 0 Å². The maximum atomic E-state index is 11.7. The molecule has 0 aromatic heterocycles. The van der Waals surface area contributed by atoms with Crippen LogP contribution in [0.15, 0.2) is 0 Å². The van der Waals surface area contributed by atoms with Crippen LogP contribution in [-0.4, -0.2) is 35.8 Å². The lowest BCUT2D eigenvalue weighted by Gasteiger charge is -2.20. The van der Waals surface area contributed by atoms with E-state index in [4.69, 9.17) is 0 Å². The molecular formula is C11H20N2O2. The van der Waals surface area contributed by atoms with E-state index in [0.717, 1.165) is 38.8 Å². The third-order valence-corrected chi connectivity index (χ3v) is 2.51. The van der Waals surface area contributed by atoms with Crippen molar-refractivity contribution in [2.75, 3.05) is 13.1 Å². The van der Waals surface area contributed by atoms with Gasteiger partial charge < -0.3 is 10.2 Å². The van der Waals surface area contributed by atoms with Crippen molar-refractivity contribution >= 4 is 11.8 Å². The molecule has 0 atom stereocenters. The molecule has 15 heavy (non-hydrogen) atoms. The molecule has 0 aromatic rings. The van der Waals surface area contributed by atoms with Crippen LogP contribution in [0.3, 0.4) is 0 Å². The number of amides is 2. The van der Waals surface area contributed by atoms with Crippen molar-refractivity contribution in [1.29, 1.82) is 0 Å². The van der Waals surface area contributed by atoms with Gasteiger partial charge in [0.15, 0.2) is 0 Å². The maximum Gasteiger partial charge on any atom is 0.311 e. The first kappa shape index (κ1) is 12.0. The Morgan fingerprint density at radius 1 is 1.07 bits per heavy atom. The van der Waals surface area contributed by atoms with Crippen LogP contribution in [0.4, 0.5) is 0 Å². The van der Waals surface area contributed by atoms with Crippen molar-refractivity contribution in [3.63, 3.8) is 0 Å². The lowest BCUT2D eigenvalue weighted by Crippen LogP contribution is -2.45. The molecule has 0 bridgehead atoms. The molecule has 0 aromatic carbocycles. The number of carbonyl (C=O) groups is 2. The molecule has 0 saturated carbocycles. The molecule has 0 unspecified atom stereocenters. The summed E-state index contributed by atoms with van der Waals surface area (Å²) < 4.78 is 0. The molecule has 1 heterocycles. The summed E-state index contributed by atoms with van der Waals surface area (Å²) >= 11 is 0. The topological polar surface area (TPSA) is 49.4 Å². The fourth-order valence-corrected chi connectivity index (χ4v) is 1.74. The first-order valence-corrected chi connectivity index (χ1v) is 5.71. The Kier molecular flexibility index (Phi) is 4.59. The second kappa shape index (κ2) is 5.73. The Morgan fingerprint density at radius 2 is 1.60 bits per heavy atom. The van der Waals surface area contributed by atoms with Crippen LogP contribution in [0, 0.1) is 0 Å². The molecule has 4 nitrogen and oxygen atoms in total. The molecule has 1 rings (SSSR count). The van der Waals surface area contributed by atoms with Crippen LogP contribution < -0.4 is 5.32 Å². The van der Waals surface area contributed by atoms with E-state index in [0.29, 0.717) is 0 Å². The molecular weight excluding hydrogens is 192 g/mol. The monoisotopic (exact) mass is 212 g/mol. The van der Waals surface area contributed by atoms with E-state index in [-0.39, 0.29) is 11.9 Å². The zero-order chi connectivity index (χ0) is 11.3. The van der Waals surface area contributed by atoms with E-state index in [1.165, 1.54) is 0 Å². The highest BCUT2D eigenvalue weighted by atomic mass is 16.2. The highest BCUT2D eigenvalue weighted by molar-refractivity contribution is 6.35. The molecule has 0 radical (unpaired) electrons. The average Bonchev–Trinajstić information content (AvgIpc) is 2.43. The highest BCUT2D eigenvalue weighted by Gasteiger charge is 2.22. The van der Waals surface area contributed by atoms with Gasteiger partial charge in [0.2, 0.25) is 0 Å². The van der Waals surface area contributed by atoms with Crippen LogP contribution in [0.25, 0.3) is 0 Å². The van der Waals surface area contributed by atoms with Crippen LogP contribution in [0.1, 0.15) is 39.5 Å².